The van der Waals surface area contributed by atoms with Crippen molar-refractivity contribution >= 4 is 34.0 Å². The summed E-state index contributed by atoms with van der Waals surface area (Å²) in [6.07, 6.45) is 0. The van der Waals surface area contributed by atoms with E-state index in [9.17, 15) is 9.90 Å². The number of carboxylic acids is 1. The summed E-state index contributed by atoms with van der Waals surface area (Å²) >= 11 is 1.63. The Morgan fingerprint density at radius 1 is 1.33 bits per heavy atom. The third-order valence-corrected chi connectivity index (χ3v) is 4.03. The second-order valence-electron chi connectivity index (χ2n) is 4.85. The number of anilines is 1. The lowest BCUT2D eigenvalue weighted by Crippen LogP contribution is -2.20. The third-order valence-electron chi connectivity index (χ3n) is 3.30. The Labute approximate surface area is 126 Å². The topological polar surface area (TPSA) is 53.4 Å². The van der Waals surface area contributed by atoms with E-state index in [-0.39, 0.29) is 5.56 Å². The molecule has 0 saturated carbocycles. The Hall–Kier alpha value is -2.40. The molecule has 1 aromatic carbocycles. The average molecular weight is 298 g/mol. The number of thiophene rings is 1. The van der Waals surface area contributed by atoms with Gasteiger partial charge >= 0.3 is 5.97 Å². The second-order valence-corrected chi connectivity index (χ2v) is 5.63. The summed E-state index contributed by atoms with van der Waals surface area (Å²) in [5.74, 6) is -0.465. The molecule has 0 fully saturated rings. The Morgan fingerprint density at radius 2 is 2.14 bits per heavy atom. The van der Waals surface area contributed by atoms with Gasteiger partial charge in [-0.05, 0) is 34.5 Å². The van der Waals surface area contributed by atoms with Gasteiger partial charge in [0.15, 0.2) is 0 Å². The highest BCUT2D eigenvalue weighted by molar-refractivity contribution is 7.07. The molecule has 0 bridgehead atoms. The largest absolute Gasteiger partial charge is 0.478 e. The number of nitrogens with zero attached hydrogens (tertiary/aromatic N) is 2. The van der Waals surface area contributed by atoms with Crippen molar-refractivity contribution in [2.75, 3.05) is 11.9 Å². The molecule has 2 heterocycles. The molecule has 0 atom stereocenters. The Morgan fingerprint density at radius 3 is 2.86 bits per heavy atom. The molecule has 21 heavy (non-hydrogen) atoms. The maximum absolute atomic E-state index is 11.5. The molecule has 0 aliphatic rings. The molecule has 0 aliphatic carbocycles. The van der Waals surface area contributed by atoms with Crippen molar-refractivity contribution in [2.24, 2.45) is 0 Å². The Kier molecular flexibility index (Phi) is 3.58. The molecule has 0 radical (unpaired) electrons. The van der Waals surface area contributed by atoms with Crippen molar-refractivity contribution in [3.63, 3.8) is 0 Å². The van der Waals surface area contributed by atoms with Crippen LogP contribution in [0, 0.1) is 0 Å². The van der Waals surface area contributed by atoms with Gasteiger partial charge < -0.3 is 10.0 Å². The van der Waals surface area contributed by atoms with Crippen molar-refractivity contribution in [1.82, 2.24) is 4.98 Å². The molecular weight excluding hydrogens is 284 g/mol. The number of rotatable bonds is 4. The molecule has 0 aliphatic heterocycles. The van der Waals surface area contributed by atoms with Gasteiger partial charge in [0, 0.05) is 19.0 Å². The molecule has 3 aromatic rings. The van der Waals surface area contributed by atoms with Crippen molar-refractivity contribution in [1.29, 1.82) is 0 Å². The standard InChI is InChI=1S/C16H14N2O2S/c1-18(9-11-6-7-21-10-11)15-13(16(19)20)8-12-4-2-3-5-14(12)17-15/h2-8,10H,9H2,1H3,(H,19,20). The molecule has 0 amide bonds. The second kappa shape index (κ2) is 5.54. The van der Waals surface area contributed by atoms with E-state index in [0.29, 0.717) is 12.4 Å². The fourth-order valence-corrected chi connectivity index (χ4v) is 2.95. The minimum atomic E-state index is -0.958. The number of carboxylic acid groups (broad SMARTS) is 1. The van der Waals surface area contributed by atoms with Crippen molar-refractivity contribution in [2.45, 2.75) is 6.54 Å². The number of aromatic carboxylic acids is 1. The van der Waals surface area contributed by atoms with E-state index in [4.69, 9.17) is 0 Å². The molecule has 5 heteroatoms. The highest BCUT2D eigenvalue weighted by Gasteiger charge is 2.17. The first kappa shape index (κ1) is 13.6. The quantitative estimate of drug-likeness (QED) is 0.799. The number of hydrogen-bond donors (Lipinski definition) is 1. The number of benzene rings is 1. The van der Waals surface area contributed by atoms with Crippen LogP contribution in [0.5, 0.6) is 0 Å². The third kappa shape index (κ3) is 2.73. The maximum atomic E-state index is 11.5. The van der Waals surface area contributed by atoms with Gasteiger partial charge in [0.05, 0.1) is 5.52 Å². The maximum Gasteiger partial charge on any atom is 0.339 e. The first-order chi connectivity index (χ1) is 10.1. The van der Waals surface area contributed by atoms with Crippen molar-refractivity contribution in [3.05, 3.63) is 58.3 Å². The molecular formula is C16H14N2O2S. The van der Waals surface area contributed by atoms with Gasteiger partial charge in [-0.1, -0.05) is 18.2 Å². The average Bonchev–Trinajstić information content (AvgIpc) is 2.98. The summed E-state index contributed by atoms with van der Waals surface area (Å²) in [5.41, 5.74) is 2.18. The zero-order chi connectivity index (χ0) is 14.8. The van der Waals surface area contributed by atoms with Crippen LogP contribution >= 0.6 is 11.3 Å². The van der Waals surface area contributed by atoms with E-state index >= 15 is 0 Å². The van der Waals surface area contributed by atoms with Crippen LogP contribution in [-0.2, 0) is 6.54 Å². The summed E-state index contributed by atoms with van der Waals surface area (Å²) < 4.78 is 0. The number of carbonyl (C=O) groups is 1. The van der Waals surface area contributed by atoms with Crippen LogP contribution in [0.1, 0.15) is 15.9 Å². The number of hydrogen-bond acceptors (Lipinski definition) is 4. The van der Waals surface area contributed by atoms with Gasteiger partial charge in [-0.15, -0.1) is 0 Å². The SMILES string of the molecule is CN(Cc1ccsc1)c1nc2ccccc2cc1C(=O)O. The lowest BCUT2D eigenvalue weighted by molar-refractivity contribution is 0.0697. The first-order valence-corrected chi connectivity index (χ1v) is 7.45. The molecule has 0 spiro atoms. The number of fused-ring (bicyclic) bond motifs is 1. The number of pyridine rings is 1. The molecule has 0 unspecified atom stereocenters. The molecule has 2 aromatic heterocycles. The van der Waals surface area contributed by atoms with Crippen LogP contribution in [0.3, 0.4) is 0 Å². The van der Waals surface area contributed by atoms with E-state index in [2.05, 4.69) is 10.4 Å². The fraction of sp³-hybridized carbons (Fsp3) is 0.125. The van der Waals surface area contributed by atoms with Gasteiger partial charge in [-0.2, -0.15) is 11.3 Å². The van der Waals surface area contributed by atoms with Gasteiger partial charge in [0.2, 0.25) is 0 Å². The van der Waals surface area contributed by atoms with Gasteiger partial charge in [0.25, 0.3) is 0 Å². The molecule has 106 valence electrons. The van der Waals surface area contributed by atoms with E-state index in [1.807, 2.05) is 47.7 Å². The van der Waals surface area contributed by atoms with E-state index in [1.54, 1.807) is 17.4 Å². The molecule has 1 N–H and O–H groups in total. The van der Waals surface area contributed by atoms with E-state index in [0.717, 1.165) is 16.5 Å². The van der Waals surface area contributed by atoms with Gasteiger partial charge in [0.1, 0.15) is 11.4 Å². The predicted octanol–water partition coefficient (Wildman–Crippen LogP) is 3.63. The van der Waals surface area contributed by atoms with E-state index in [1.165, 1.54) is 0 Å². The van der Waals surface area contributed by atoms with Crippen molar-refractivity contribution in [3.8, 4) is 0 Å². The summed E-state index contributed by atoms with van der Waals surface area (Å²) in [6, 6.07) is 11.3. The molecule has 0 saturated heterocycles. The summed E-state index contributed by atoms with van der Waals surface area (Å²) in [6.45, 7) is 0.634. The van der Waals surface area contributed by atoms with E-state index < -0.39 is 5.97 Å². The zero-order valence-electron chi connectivity index (χ0n) is 11.5. The highest BCUT2D eigenvalue weighted by atomic mass is 32.1. The van der Waals surface area contributed by atoms with Crippen LogP contribution in [0.25, 0.3) is 10.9 Å². The lowest BCUT2D eigenvalue weighted by atomic mass is 10.1. The van der Waals surface area contributed by atoms with Gasteiger partial charge in [-0.3, -0.25) is 0 Å². The Balaban J connectivity index is 2.06. The fourth-order valence-electron chi connectivity index (χ4n) is 2.29. The first-order valence-electron chi connectivity index (χ1n) is 6.50. The van der Waals surface area contributed by atoms with Crippen LogP contribution in [0.4, 0.5) is 5.82 Å². The Bertz CT molecular complexity index is 784. The zero-order valence-corrected chi connectivity index (χ0v) is 12.3. The van der Waals surface area contributed by atoms with Crippen LogP contribution < -0.4 is 4.90 Å². The highest BCUT2D eigenvalue weighted by Crippen LogP contribution is 2.24. The number of para-hydroxylation sites is 1. The number of aromatic nitrogens is 1. The molecule has 3 rings (SSSR count). The molecule has 4 nitrogen and oxygen atoms in total. The van der Waals surface area contributed by atoms with Gasteiger partial charge in [-0.25, -0.2) is 9.78 Å². The smallest absolute Gasteiger partial charge is 0.339 e. The predicted molar refractivity (Wildman–Crippen MR) is 85.1 cm³/mol. The van der Waals surface area contributed by atoms with Crippen LogP contribution in [0.2, 0.25) is 0 Å². The lowest BCUT2D eigenvalue weighted by Gasteiger charge is -2.20. The van der Waals surface area contributed by atoms with Crippen LogP contribution in [0.15, 0.2) is 47.2 Å². The summed E-state index contributed by atoms with van der Waals surface area (Å²) in [7, 11) is 1.86. The minimum Gasteiger partial charge on any atom is -0.478 e. The monoisotopic (exact) mass is 298 g/mol. The normalized spacial score (nSPS) is 10.7. The summed E-state index contributed by atoms with van der Waals surface area (Å²) in [4.78, 5) is 17.9. The minimum absolute atomic E-state index is 0.228. The van der Waals surface area contributed by atoms with Crippen molar-refractivity contribution < 1.29 is 9.90 Å². The van der Waals surface area contributed by atoms with Crippen LogP contribution in [-0.4, -0.2) is 23.1 Å². The summed E-state index contributed by atoms with van der Waals surface area (Å²) in [5, 5.41) is 14.3.